The largest absolute Gasteiger partial charge is 0.372 e. The molecule has 2 nitrogen and oxygen atoms in total. The molecule has 1 aromatic rings. The van der Waals surface area contributed by atoms with E-state index in [1.807, 2.05) is 12.2 Å². The van der Waals surface area contributed by atoms with E-state index >= 15 is 0 Å². The van der Waals surface area contributed by atoms with E-state index in [4.69, 9.17) is 0 Å². The molecule has 100 valence electrons. The monoisotopic (exact) mass is 255 g/mol. The van der Waals surface area contributed by atoms with Gasteiger partial charge in [0.2, 0.25) is 0 Å². The summed E-state index contributed by atoms with van der Waals surface area (Å²) in [6.45, 7) is 3.91. The van der Waals surface area contributed by atoms with Crippen molar-refractivity contribution in [2.45, 2.75) is 26.2 Å². The number of carbonyl (C=O) groups is 1. The van der Waals surface area contributed by atoms with Gasteiger partial charge in [-0.15, -0.1) is 0 Å². The van der Waals surface area contributed by atoms with Gasteiger partial charge in [-0.25, -0.2) is 0 Å². The topological polar surface area (TPSA) is 20.3 Å². The van der Waals surface area contributed by atoms with Crippen LogP contribution in [0.1, 0.15) is 31.7 Å². The number of rotatable bonds is 4. The minimum atomic E-state index is 0.0742. The van der Waals surface area contributed by atoms with E-state index in [9.17, 15) is 4.79 Å². The van der Waals surface area contributed by atoms with Gasteiger partial charge in [0, 0.05) is 18.8 Å². The van der Waals surface area contributed by atoms with E-state index < -0.39 is 0 Å². The maximum absolute atomic E-state index is 10.7. The Morgan fingerprint density at radius 1 is 1.05 bits per heavy atom. The van der Waals surface area contributed by atoms with E-state index in [-0.39, 0.29) is 5.78 Å². The standard InChI is InChI=1S/C17H21NO/c1-15(19)7-3-4-8-16-9-11-17(12-10-16)18-13-5-2-6-14-18/h3-4,7-12H,2,5-6,13-14H2,1H3/b7-3+,8-4+. The summed E-state index contributed by atoms with van der Waals surface area (Å²) in [6.07, 6.45) is 11.2. The van der Waals surface area contributed by atoms with Crippen LogP contribution in [0.4, 0.5) is 5.69 Å². The van der Waals surface area contributed by atoms with Gasteiger partial charge in [0.05, 0.1) is 0 Å². The van der Waals surface area contributed by atoms with Crippen molar-refractivity contribution in [2.24, 2.45) is 0 Å². The second-order valence-electron chi connectivity index (χ2n) is 4.97. The van der Waals surface area contributed by atoms with Crippen LogP contribution in [-0.2, 0) is 4.79 Å². The first-order valence-corrected chi connectivity index (χ1v) is 6.96. The van der Waals surface area contributed by atoms with E-state index in [0.717, 1.165) is 5.56 Å². The minimum Gasteiger partial charge on any atom is -0.372 e. The SMILES string of the molecule is CC(=O)/C=C/C=C/c1ccc(N2CCCCC2)cc1. The molecule has 1 aromatic carbocycles. The van der Waals surface area contributed by atoms with Crippen molar-refractivity contribution in [3.63, 3.8) is 0 Å². The molecule has 0 spiro atoms. The lowest BCUT2D eigenvalue weighted by Gasteiger charge is -2.28. The van der Waals surface area contributed by atoms with Crippen LogP contribution in [0, 0.1) is 0 Å². The summed E-state index contributed by atoms with van der Waals surface area (Å²) >= 11 is 0. The lowest BCUT2D eigenvalue weighted by atomic mass is 10.1. The molecule has 1 aliphatic heterocycles. The second-order valence-corrected chi connectivity index (χ2v) is 4.97. The number of ketones is 1. The maximum Gasteiger partial charge on any atom is 0.152 e. The van der Waals surface area contributed by atoms with E-state index in [1.54, 1.807) is 19.1 Å². The molecule has 0 unspecified atom stereocenters. The molecule has 1 saturated heterocycles. The van der Waals surface area contributed by atoms with Crippen molar-refractivity contribution >= 4 is 17.5 Å². The Hall–Kier alpha value is -1.83. The zero-order chi connectivity index (χ0) is 13.5. The highest BCUT2D eigenvalue weighted by Crippen LogP contribution is 2.20. The third-order valence-electron chi connectivity index (χ3n) is 3.35. The third kappa shape index (κ3) is 4.40. The molecule has 1 fully saturated rings. The predicted octanol–water partition coefficient (Wildman–Crippen LogP) is 3.84. The van der Waals surface area contributed by atoms with Crippen LogP contribution in [0.5, 0.6) is 0 Å². The fourth-order valence-electron chi connectivity index (χ4n) is 2.31. The molecule has 0 saturated carbocycles. The molecule has 1 aliphatic rings. The highest BCUT2D eigenvalue weighted by molar-refractivity contribution is 5.87. The van der Waals surface area contributed by atoms with Crippen LogP contribution in [0.2, 0.25) is 0 Å². The number of hydrogen-bond donors (Lipinski definition) is 0. The van der Waals surface area contributed by atoms with Crippen molar-refractivity contribution in [2.75, 3.05) is 18.0 Å². The highest BCUT2D eigenvalue weighted by Gasteiger charge is 2.09. The Labute approximate surface area is 115 Å². The van der Waals surface area contributed by atoms with Gasteiger partial charge in [-0.1, -0.05) is 30.4 Å². The molecule has 0 N–H and O–H groups in total. The van der Waals surface area contributed by atoms with Gasteiger partial charge in [-0.3, -0.25) is 4.79 Å². The Morgan fingerprint density at radius 3 is 2.37 bits per heavy atom. The Morgan fingerprint density at radius 2 is 1.74 bits per heavy atom. The van der Waals surface area contributed by atoms with Crippen molar-refractivity contribution in [3.8, 4) is 0 Å². The fourth-order valence-corrected chi connectivity index (χ4v) is 2.31. The van der Waals surface area contributed by atoms with Crippen molar-refractivity contribution < 1.29 is 4.79 Å². The number of anilines is 1. The number of nitrogens with zero attached hydrogens (tertiary/aromatic N) is 1. The Balaban J connectivity index is 1.96. The molecule has 19 heavy (non-hydrogen) atoms. The first-order valence-electron chi connectivity index (χ1n) is 6.96. The molecular weight excluding hydrogens is 234 g/mol. The van der Waals surface area contributed by atoms with Crippen LogP contribution >= 0.6 is 0 Å². The Bertz CT molecular complexity index is 465. The van der Waals surface area contributed by atoms with Gasteiger partial charge in [0.1, 0.15) is 0 Å². The smallest absolute Gasteiger partial charge is 0.152 e. The Kier molecular flexibility index (Phi) is 4.96. The van der Waals surface area contributed by atoms with Crippen LogP contribution in [0.25, 0.3) is 6.08 Å². The lowest BCUT2D eigenvalue weighted by molar-refractivity contribution is -0.112. The first kappa shape index (κ1) is 13.6. The van der Waals surface area contributed by atoms with Gasteiger partial charge >= 0.3 is 0 Å². The van der Waals surface area contributed by atoms with E-state index in [2.05, 4.69) is 29.2 Å². The van der Waals surface area contributed by atoms with Crippen molar-refractivity contribution in [3.05, 3.63) is 48.1 Å². The number of carbonyl (C=O) groups excluding carboxylic acids is 1. The van der Waals surface area contributed by atoms with E-state index in [0.29, 0.717) is 0 Å². The van der Waals surface area contributed by atoms with Crippen LogP contribution in [0.3, 0.4) is 0 Å². The fraction of sp³-hybridized carbons (Fsp3) is 0.353. The van der Waals surface area contributed by atoms with Crippen LogP contribution in [-0.4, -0.2) is 18.9 Å². The third-order valence-corrected chi connectivity index (χ3v) is 3.35. The number of allylic oxidation sites excluding steroid dienone is 3. The van der Waals surface area contributed by atoms with Crippen molar-refractivity contribution in [1.29, 1.82) is 0 Å². The normalized spacial score (nSPS) is 16.4. The summed E-state index contributed by atoms with van der Waals surface area (Å²) in [5, 5.41) is 0. The lowest BCUT2D eigenvalue weighted by Crippen LogP contribution is -2.29. The predicted molar refractivity (Wildman–Crippen MR) is 81.4 cm³/mol. The molecule has 1 heterocycles. The summed E-state index contributed by atoms with van der Waals surface area (Å²) in [5.41, 5.74) is 2.48. The summed E-state index contributed by atoms with van der Waals surface area (Å²) in [7, 11) is 0. The quantitative estimate of drug-likeness (QED) is 0.602. The number of hydrogen-bond acceptors (Lipinski definition) is 2. The molecule has 0 radical (unpaired) electrons. The molecule has 2 heteroatoms. The molecule has 0 atom stereocenters. The summed E-state index contributed by atoms with van der Waals surface area (Å²) in [5.74, 6) is 0.0742. The molecule has 0 bridgehead atoms. The number of piperidine rings is 1. The average Bonchev–Trinajstić information content (AvgIpc) is 2.45. The zero-order valence-electron chi connectivity index (χ0n) is 11.5. The molecular formula is C17H21NO. The molecule has 0 aromatic heterocycles. The van der Waals surface area contributed by atoms with Gasteiger partial charge in [-0.05, 0) is 50.0 Å². The summed E-state index contributed by atoms with van der Waals surface area (Å²) in [4.78, 5) is 13.2. The van der Waals surface area contributed by atoms with Gasteiger partial charge in [-0.2, -0.15) is 0 Å². The number of benzene rings is 1. The zero-order valence-corrected chi connectivity index (χ0v) is 11.5. The summed E-state index contributed by atoms with van der Waals surface area (Å²) in [6, 6.07) is 8.61. The average molecular weight is 255 g/mol. The van der Waals surface area contributed by atoms with Gasteiger partial charge in [0.25, 0.3) is 0 Å². The van der Waals surface area contributed by atoms with Gasteiger partial charge < -0.3 is 4.90 Å². The highest BCUT2D eigenvalue weighted by atomic mass is 16.1. The van der Waals surface area contributed by atoms with Crippen LogP contribution in [0.15, 0.2) is 42.5 Å². The van der Waals surface area contributed by atoms with Gasteiger partial charge in [0.15, 0.2) is 5.78 Å². The molecule has 2 rings (SSSR count). The minimum absolute atomic E-state index is 0.0742. The molecule has 0 amide bonds. The van der Waals surface area contributed by atoms with Crippen LogP contribution < -0.4 is 4.90 Å². The van der Waals surface area contributed by atoms with Crippen molar-refractivity contribution in [1.82, 2.24) is 0 Å². The first-order chi connectivity index (χ1) is 9.25. The van der Waals surface area contributed by atoms with E-state index in [1.165, 1.54) is 38.0 Å². The second kappa shape index (κ2) is 6.93. The maximum atomic E-state index is 10.7. The molecule has 0 aliphatic carbocycles. The summed E-state index contributed by atoms with van der Waals surface area (Å²) < 4.78 is 0.